The van der Waals surface area contributed by atoms with Crippen LogP contribution in [0.15, 0.2) is 42.5 Å². The summed E-state index contributed by atoms with van der Waals surface area (Å²) in [5, 5.41) is 0. The van der Waals surface area contributed by atoms with Crippen molar-refractivity contribution < 1.29 is 27.7 Å². The number of hydrogen-bond acceptors (Lipinski definition) is 7. The number of phosphoric acid groups is 1. The summed E-state index contributed by atoms with van der Waals surface area (Å²) in [4.78, 5) is 28.9. The molecule has 2 aliphatic rings. The molecule has 2 heterocycles. The van der Waals surface area contributed by atoms with E-state index in [4.69, 9.17) is 13.6 Å². The van der Waals surface area contributed by atoms with E-state index >= 15 is 0 Å². The lowest BCUT2D eigenvalue weighted by Crippen LogP contribution is -2.35. The van der Waals surface area contributed by atoms with Gasteiger partial charge in [-0.15, -0.1) is 0 Å². The van der Waals surface area contributed by atoms with Crippen LogP contribution in [0.3, 0.4) is 0 Å². The fourth-order valence-electron chi connectivity index (χ4n) is 5.10. The summed E-state index contributed by atoms with van der Waals surface area (Å²) in [6.45, 7) is 9.26. The lowest BCUT2D eigenvalue weighted by molar-refractivity contribution is 0.0649. The second-order valence-electron chi connectivity index (χ2n) is 9.55. The highest BCUT2D eigenvalue weighted by atomic mass is 31.2. The molecule has 1 saturated heterocycles. The fourth-order valence-corrected chi connectivity index (χ4v) is 6.31. The van der Waals surface area contributed by atoms with Crippen LogP contribution in [-0.2, 0) is 13.6 Å². The summed E-state index contributed by atoms with van der Waals surface area (Å²) in [5.74, 6) is 0.498. The zero-order chi connectivity index (χ0) is 26.4. The molecule has 2 aliphatic heterocycles. The molecule has 0 unspecified atom stereocenters. The summed E-state index contributed by atoms with van der Waals surface area (Å²) in [6.07, 6.45) is 3.63. The zero-order valence-corrected chi connectivity index (χ0v) is 22.9. The number of amides is 2. The smallest absolute Gasteiger partial charge is 0.404 e. The van der Waals surface area contributed by atoms with Crippen molar-refractivity contribution in [3.05, 3.63) is 64.7 Å². The average molecular weight is 529 g/mol. The molecule has 0 aromatic heterocycles. The van der Waals surface area contributed by atoms with Gasteiger partial charge < -0.3 is 9.42 Å². The summed E-state index contributed by atoms with van der Waals surface area (Å²) >= 11 is 0. The molecule has 1 fully saturated rings. The summed E-state index contributed by atoms with van der Waals surface area (Å²) in [6, 6.07) is 13.0. The number of fused-ring (bicyclic) bond motifs is 1. The molecular weight excluding hydrogens is 491 g/mol. The molecule has 9 heteroatoms. The number of phosphoric ester groups is 1. The Morgan fingerprint density at radius 1 is 0.892 bits per heavy atom. The number of benzene rings is 2. The minimum Gasteiger partial charge on any atom is -0.404 e. The Bertz CT molecular complexity index is 1120. The Morgan fingerprint density at radius 2 is 1.49 bits per heavy atom. The molecular formula is C28H37N2O6P. The quantitative estimate of drug-likeness (QED) is 0.195. The van der Waals surface area contributed by atoms with E-state index in [0.717, 1.165) is 56.4 Å². The van der Waals surface area contributed by atoms with E-state index in [1.54, 1.807) is 38.1 Å². The van der Waals surface area contributed by atoms with Gasteiger partial charge in [0.2, 0.25) is 0 Å². The maximum atomic E-state index is 13.0. The minimum absolute atomic E-state index is 0.184. The highest BCUT2D eigenvalue weighted by molar-refractivity contribution is 7.48. The van der Waals surface area contributed by atoms with Gasteiger partial charge in [0.25, 0.3) is 11.8 Å². The number of nitrogens with zero attached hydrogens (tertiary/aromatic N) is 2. The third kappa shape index (κ3) is 6.50. The Kier molecular flexibility index (Phi) is 9.19. The first-order chi connectivity index (χ1) is 17.8. The van der Waals surface area contributed by atoms with Crippen molar-refractivity contribution in [1.29, 1.82) is 0 Å². The SMILES string of the molecule is CCOP(=O)(OCC)Oc1cc(C)ccc1C1CCN(CCCCN2C(=O)c3ccccc3C2=O)CC1. The van der Waals surface area contributed by atoms with E-state index < -0.39 is 7.82 Å². The van der Waals surface area contributed by atoms with E-state index in [9.17, 15) is 14.2 Å². The predicted octanol–water partition coefficient (Wildman–Crippen LogP) is 5.81. The largest absolute Gasteiger partial charge is 0.530 e. The third-order valence-electron chi connectivity index (χ3n) is 6.97. The van der Waals surface area contributed by atoms with Crippen LogP contribution in [0.1, 0.15) is 77.3 Å². The van der Waals surface area contributed by atoms with Crippen molar-refractivity contribution in [1.82, 2.24) is 9.80 Å². The molecule has 0 aliphatic carbocycles. The van der Waals surface area contributed by atoms with Crippen LogP contribution in [0, 0.1) is 6.92 Å². The van der Waals surface area contributed by atoms with Gasteiger partial charge in [0.15, 0.2) is 0 Å². The zero-order valence-electron chi connectivity index (χ0n) is 22.0. The van der Waals surface area contributed by atoms with Gasteiger partial charge in [-0.1, -0.05) is 24.3 Å². The highest BCUT2D eigenvalue weighted by Gasteiger charge is 2.34. The van der Waals surface area contributed by atoms with Crippen molar-refractivity contribution >= 4 is 19.6 Å². The molecule has 0 atom stereocenters. The molecule has 2 aromatic rings. The van der Waals surface area contributed by atoms with Crippen molar-refractivity contribution in [2.24, 2.45) is 0 Å². The van der Waals surface area contributed by atoms with Crippen molar-refractivity contribution in [3.63, 3.8) is 0 Å². The molecule has 2 aromatic carbocycles. The van der Waals surface area contributed by atoms with Crippen LogP contribution in [0.5, 0.6) is 5.75 Å². The maximum absolute atomic E-state index is 13.0. The van der Waals surface area contributed by atoms with Gasteiger partial charge in [0.1, 0.15) is 5.75 Å². The average Bonchev–Trinajstić information content (AvgIpc) is 3.12. The molecule has 2 amide bonds. The number of piperidine rings is 1. The second kappa shape index (κ2) is 12.4. The molecule has 0 N–H and O–H groups in total. The lowest BCUT2D eigenvalue weighted by Gasteiger charge is -2.33. The minimum atomic E-state index is -3.67. The van der Waals surface area contributed by atoms with E-state index in [2.05, 4.69) is 17.0 Å². The molecule has 8 nitrogen and oxygen atoms in total. The van der Waals surface area contributed by atoms with Crippen molar-refractivity contribution in [3.8, 4) is 5.75 Å². The number of aryl methyl sites for hydroxylation is 1. The van der Waals surface area contributed by atoms with Crippen molar-refractivity contribution in [2.45, 2.75) is 52.4 Å². The normalized spacial score (nSPS) is 16.9. The van der Waals surface area contributed by atoms with Gasteiger partial charge >= 0.3 is 7.82 Å². The monoisotopic (exact) mass is 528 g/mol. The molecule has 0 spiro atoms. The molecule has 0 saturated carbocycles. The number of carbonyl (C=O) groups excluding carboxylic acids is 2. The van der Waals surface area contributed by atoms with Crippen LogP contribution in [0.4, 0.5) is 0 Å². The predicted molar refractivity (Wildman–Crippen MR) is 142 cm³/mol. The Hall–Kier alpha value is -2.51. The number of unbranched alkanes of at least 4 members (excludes halogenated alkanes) is 1. The number of rotatable bonds is 12. The second-order valence-corrected chi connectivity index (χ2v) is 11.1. The van der Waals surface area contributed by atoms with Gasteiger partial charge in [0, 0.05) is 6.54 Å². The molecule has 37 heavy (non-hydrogen) atoms. The molecule has 0 radical (unpaired) electrons. The van der Waals surface area contributed by atoms with Crippen LogP contribution in [-0.4, -0.2) is 61.0 Å². The molecule has 4 rings (SSSR count). The number of hydrogen-bond donors (Lipinski definition) is 0. The fraction of sp³-hybridized carbons (Fsp3) is 0.500. The van der Waals surface area contributed by atoms with E-state index in [-0.39, 0.29) is 25.0 Å². The lowest BCUT2D eigenvalue weighted by atomic mass is 9.88. The van der Waals surface area contributed by atoms with Gasteiger partial charge in [-0.3, -0.25) is 23.5 Å². The van der Waals surface area contributed by atoms with Gasteiger partial charge in [-0.2, -0.15) is 0 Å². The first-order valence-corrected chi connectivity index (χ1v) is 14.7. The first kappa shape index (κ1) is 27.5. The van der Waals surface area contributed by atoms with Crippen LogP contribution < -0.4 is 4.52 Å². The van der Waals surface area contributed by atoms with Crippen molar-refractivity contribution in [2.75, 3.05) is 39.4 Å². The number of carbonyl (C=O) groups is 2. The topological polar surface area (TPSA) is 85.4 Å². The van der Waals surface area contributed by atoms with Crippen LogP contribution in [0.2, 0.25) is 0 Å². The number of imide groups is 1. The Balaban J connectivity index is 1.27. The highest BCUT2D eigenvalue weighted by Crippen LogP contribution is 2.51. The van der Waals surface area contributed by atoms with E-state index in [0.29, 0.717) is 29.3 Å². The standard InChI is InChI=1S/C28H37N2O6P/c1-4-34-37(33,35-5-2)36-26-20-21(3)12-13-23(26)22-14-18-29(19-15-22)16-8-9-17-30-27(31)24-10-6-7-11-25(24)28(30)32/h6-7,10-13,20,22H,4-5,8-9,14-19H2,1-3H3. The van der Waals surface area contributed by atoms with Gasteiger partial charge in [-0.05, 0) is 101 Å². The maximum Gasteiger partial charge on any atom is 0.530 e. The van der Waals surface area contributed by atoms with Gasteiger partial charge in [-0.25, -0.2) is 4.57 Å². The van der Waals surface area contributed by atoms with Gasteiger partial charge in [0.05, 0.1) is 24.3 Å². The first-order valence-electron chi connectivity index (χ1n) is 13.2. The molecule has 200 valence electrons. The van der Waals surface area contributed by atoms with E-state index in [1.165, 1.54) is 4.90 Å². The third-order valence-corrected chi connectivity index (χ3v) is 8.53. The summed E-state index contributed by atoms with van der Waals surface area (Å²) in [5.41, 5.74) is 3.07. The molecule has 0 bridgehead atoms. The summed E-state index contributed by atoms with van der Waals surface area (Å²) < 4.78 is 29.6. The van der Waals surface area contributed by atoms with Crippen LogP contribution >= 0.6 is 7.82 Å². The van der Waals surface area contributed by atoms with E-state index in [1.807, 2.05) is 13.0 Å². The number of likely N-dealkylation sites (tertiary alicyclic amines) is 1. The Morgan fingerprint density at radius 3 is 2.08 bits per heavy atom. The van der Waals surface area contributed by atoms with Crippen LogP contribution in [0.25, 0.3) is 0 Å². The summed E-state index contributed by atoms with van der Waals surface area (Å²) in [7, 11) is -3.67. The Labute approximate surface area is 219 Å².